The third-order valence-electron chi connectivity index (χ3n) is 5.46. The molecule has 0 spiro atoms. The summed E-state index contributed by atoms with van der Waals surface area (Å²) in [5.41, 5.74) is 1.19. The summed E-state index contributed by atoms with van der Waals surface area (Å²) < 4.78 is 5.94. The first-order chi connectivity index (χ1) is 13.9. The maximum Gasteiger partial charge on any atom is 0.121 e. The fraction of sp³-hybridized carbons (Fsp3) is 0.769. The molecule has 162 valence electrons. The second-order valence-electron chi connectivity index (χ2n) is 8.25. The molecule has 0 saturated carbocycles. The number of unbranched alkanes of at least 4 members (excludes halogenated alkanes) is 14. The van der Waals surface area contributed by atoms with Crippen molar-refractivity contribution in [3.05, 3.63) is 24.3 Å². The second kappa shape index (κ2) is 19.2. The number of benzene rings is 1. The molecule has 0 heterocycles. The van der Waals surface area contributed by atoms with Crippen LogP contribution in [-0.2, 0) is 0 Å². The maximum atomic E-state index is 5.94. The Morgan fingerprint density at radius 2 is 1.18 bits per heavy atom. The Morgan fingerprint density at radius 3 is 1.79 bits per heavy atom. The van der Waals surface area contributed by atoms with E-state index in [-0.39, 0.29) is 0 Å². The van der Waals surface area contributed by atoms with E-state index >= 15 is 0 Å². The number of hydrogen-bond donors (Lipinski definition) is 1. The standard InChI is InChI=1S/C26H47NO/c1-3-5-7-9-11-13-15-17-22-27-25-20-19-21-26(24-25)28-23-18-16-14-12-10-8-6-4-2/h19-21,24,27H,3-18,22-23H2,1-2H3. The molecule has 2 nitrogen and oxygen atoms in total. The van der Waals surface area contributed by atoms with Crippen LogP contribution >= 0.6 is 0 Å². The molecule has 1 rings (SSSR count). The molecule has 1 N–H and O–H groups in total. The summed E-state index contributed by atoms with van der Waals surface area (Å²) in [7, 11) is 0. The molecule has 0 unspecified atom stereocenters. The Kier molecular flexibility index (Phi) is 17.0. The Hall–Kier alpha value is -1.18. The zero-order valence-corrected chi connectivity index (χ0v) is 18.9. The molecular formula is C26H47NO. The number of ether oxygens (including phenoxy) is 1. The van der Waals surface area contributed by atoms with Gasteiger partial charge in [-0.15, -0.1) is 0 Å². The first-order valence-electron chi connectivity index (χ1n) is 12.3. The van der Waals surface area contributed by atoms with Crippen LogP contribution in [0.15, 0.2) is 24.3 Å². The highest BCUT2D eigenvalue weighted by Crippen LogP contribution is 2.18. The van der Waals surface area contributed by atoms with E-state index in [2.05, 4.69) is 43.4 Å². The molecule has 0 aromatic heterocycles. The molecule has 1 aromatic carbocycles. The zero-order chi connectivity index (χ0) is 20.1. The van der Waals surface area contributed by atoms with Crippen LogP contribution in [0.4, 0.5) is 5.69 Å². The lowest BCUT2D eigenvalue weighted by Crippen LogP contribution is -2.02. The van der Waals surface area contributed by atoms with Gasteiger partial charge in [-0.05, 0) is 25.0 Å². The van der Waals surface area contributed by atoms with Crippen LogP contribution in [0.1, 0.15) is 117 Å². The van der Waals surface area contributed by atoms with Gasteiger partial charge in [0.05, 0.1) is 6.61 Å². The molecule has 0 aliphatic rings. The molecule has 0 saturated heterocycles. The smallest absolute Gasteiger partial charge is 0.121 e. The molecule has 0 radical (unpaired) electrons. The predicted molar refractivity (Wildman–Crippen MR) is 126 cm³/mol. The van der Waals surface area contributed by atoms with E-state index in [1.165, 1.54) is 108 Å². The summed E-state index contributed by atoms with van der Waals surface area (Å²) in [5.74, 6) is 1.00. The summed E-state index contributed by atoms with van der Waals surface area (Å²) in [4.78, 5) is 0. The lowest BCUT2D eigenvalue weighted by atomic mass is 10.1. The van der Waals surface area contributed by atoms with Gasteiger partial charge >= 0.3 is 0 Å². The fourth-order valence-corrected chi connectivity index (χ4v) is 3.61. The summed E-state index contributed by atoms with van der Waals surface area (Å²) in [6.07, 6.45) is 21.7. The van der Waals surface area contributed by atoms with Crippen molar-refractivity contribution in [1.82, 2.24) is 0 Å². The van der Waals surface area contributed by atoms with Crippen molar-refractivity contribution in [3.63, 3.8) is 0 Å². The summed E-state index contributed by atoms with van der Waals surface area (Å²) in [6.45, 7) is 6.47. The van der Waals surface area contributed by atoms with Crippen LogP contribution in [0.3, 0.4) is 0 Å². The Bertz CT molecular complexity index is 409. The quantitative estimate of drug-likeness (QED) is 0.225. The molecule has 0 aliphatic carbocycles. The highest BCUT2D eigenvalue weighted by atomic mass is 16.5. The third-order valence-corrected chi connectivity index (χ3v) is 5.46. The van der Waals surface area contributed by atoms with E-state index in [0.29, 0.717) is 0 Å². The van der Waals surface area contributed by atoms with Gasteiger partial charge in [0.2, 0.25) is 0 Å². The molecule has 0 atom stereocenters. The minimum absolute atomic E-state index is 0.844. The van der Waals surface area contributed by atoms with Crippen LogP contribution in [-0.4, -0.2) is 13.2 Å². The molecule has 0 amide bonds. The van der Waals surface area contributed by atoms with Crippen molar-refractivity contribution in [1.29, 1.82) is 0 Å². The van der Waals surface area contributed by atoms with E-state index in [0.717, 1.165) is 18.9 Å². The zero-order valence-electron chi connectivity index (χ0n) is 18.9. The molecule has 0 bridgehead atoms. The minimum atomic E-state index is 0.844. The van der Waals surface area contributed by atoms with Crippen molar-refractivity contribution in [2.24, 2.45) is 0 Å². The van der Waals surface area contributed by atoms with E-state index in [1.54, 1.807) is 0 Å². The first-order valence-corrected chi connectivity index (χ1v) is 12.3. The van der Waals surface area contributed by atoms with Crippen LogP contribution in [0.5, 0.6) is 5.75 Å². The minimum Gasteiger partial charge on any atom is -0.494 e. The van der Waals surface area contributed by atoms with Gasteiger partial charge in [-0.2, -0.15) is 0 Å². The SMILES string of the molecule is CCCCCCCCCCNc1cccc(OCCCCCCCCCC)c1. The first kappa shape index (κ1) is 24.9. The normalized spacial score (nSPS) is 10.9. The number of nitrogens with one attached hydrogen (secondary N) is 1. The van der Waals surface area contributed by atoms with Crippen molar-refractivity contribution >= 4 is 5.69 Å². The van der Waals surface area contributed by atoms with Gasteiger partial charge in [-0.25, -0.2) is 0 Å². The van der Waals surface area contributed by atoms with Gasteiger partial charge in [-0.1, -0.05) is 110 Å². The van der Waals surface area contributed by atoms with Crippen LogP contribution in [0.25, 0.3) is 0 Å². The summed E-state index contributed by atoms with van der Waals surface area (Å²) >= 11 is 0. The predicted octanol–water partition coefficient (Wildman–Crippen LogP) is 8.76. The average molecular weight is 390 g/mol. The van der Waals surface area contributed by atoms with Crippen LogP contribution in [0, 0.1) is 0 Å². The number of hydrogen-bond acceptors (Lipinski definition) is 2. The number of anilines is 1. The van der Waals surface area contributed by atoms with Crippen molar-refractivity contribution in [3.8, 4) is 5.75 Å². The monoisotopic (exact) mass is 389 g/mol. The molecule has 28 heavy (non-hydrogen) atoms. The van der Waals surface area contributed by atoms with E-state index in [9.17, 15) is 0 Å². The van der Waals surface area contributed by atoms with Crippen molar-refractivity contribution in [2.45, 2.75) is 117 Å². The molecule has 0 fully saturated rings. The largest absolute Gasteiger partial charge is 0.494 e. The van der Waals surface area contributed by atoms with Crippen molar-refractivity contribution < 1.29 is 4.74 Å². The topological polar surface area (TPSA) is 21.3 Å². The van der Waals surface area contributed by atoms with Crippen LogP contribution in [0.2, 0.25) is 0 Å². The van der Waals surface area contributed by atoms with Gasteiger partial charge in [0, 0.05) is 18.3 Å². The Morgan fingerprint density at radius 1 is 0.643 bits per heavy atom. The molecular weight excluding hydrogens is 342 g/mol. The highest BCUT2D eigenvalue weighted by molar-refractivity contribution is 5.48. The summed E-state index contributed by atoms with van der Waals surface area (Å²) in [5, 5.41) is 3.55. The van der Waals surface area contributed by atoms with Gasteiger partial charge in [0.25, 0.3) is 0 Å². The Labute approximate surface area is 175 Å². The third kappa shape index (κ3) is 14.8. The van der Waals surface area contributed by atoms with Gasteiger partial charge in [0.15, 0.2) is 0 Å². The molecule has 1 aromatic rings. The molecule has 0 aliphatic heterocycles. The van der Waals surface area contributed by atoms with Gasteiger partial charge < -0.3 is 10.1 Å². The summed E-state index contributed by atoms with van der Waals surface area (Å²) in [6, 6.07) is 8.47. The average Bonchev–Trinajstić information content (AvgIpc) is 2.72. The maximum absolute atomic E-state index is 5.94. The number of rotatable bonds is 20. The second-order valence-corrected chi connectivity index (χ2v) is 8.25. The van der Waals surface area contributed by atoms with E-state index in [4.69, 9.17) is 4.74 Å². The molecule has 2 heteroatoms. The Balaban J connectivity index is 2.00. The lowest BCUT2D eigenvalue weighted by Gasteiger charge is -2.10. The van der Waals surface area contributed by atoms with E-state index in [1.807, 2.05) is 0 Å². The highest BCUT2D eigenvalue weighted by Gasteiger charge is 1.98. The van der Waals surface area contributed by atoms with Crippen molar-refractivity contribution in [2.75, 3.05) is 18.5 Å². The lowest BCUT2D eigenvalue weighted by molar-refractivity contribution is 0.304. The van der Waals surface area contributed by atoms with E-state index < -0.39 is 0 Å². The van der Waals surface area contributed by atoms with Gasteiger partial charge in [-0.3, -0.25) is 0 Å². The fourth-order valence-electron chi connectivity index (χ4n) is 3.61. The van der Waals surface area contributed by atoms with Crippen LogP contribution < -0.4 is 10.1 Å². The van der Waals surface area contributed by atoms with Gasteiger partial charge in [0.1, 0.15) is 5.75 Å².